The van der Waals surface area contributed by atoms with Crippen LogP contribution in [0.2, 0.25) is 5.02 Å². The molecule has 1 aromatic rings. The van der Waals surface area contributed by atoms with E-state index in [0.29, 0.717) is 29.5 Å². The van der Waals surface area contributed by atoms with Crippen molar-refractivity contribution in [3.8, 4) is 0 Å². The van der Waals surface area contributed by atoms with Gasteiger partial charge in [0.2, 0.25) is 5.91 Å². The van der Waals surface area contributed by atoms with Gasteiger partial charge < -0.3 is 15.1 Å². The van der Waals surface area contributed by atoms with Gasteiger partial charge in [-0.3, -0.25) is 9.69 Å². The SMILES string of the molecule is CN1CCN(C(=O)N2CC(=O)Nc3ccc(Cl)cc32)CC1. The molecule has 0 aliphatic carbocycles. The summed E-state index contributed by atoms with van der Waals surface area (Å²) in [5.74, 6) is -0.188. The maximum atomic E-state index is 12.7. The summed E-state index contributed by atoms with van der Waals surface area (Å²) in [6, 6.07) is 5.00. The number of halogens is 1. The Balaban J connectivity index is 1.86. The van der Waals surface area contributed by atoms with Crippen molar-refractivity contribution in [2.24, 2.45) is 0 Å². The highest BCUT2D eigenvalue weighted by molar-refractivity contribution is 6.31. The Kier molecular flexibility index (Phi) is 3.73. The molecular weight excluding hydrogens is 292 g/mol. The zero-order valence-corrected chi connectivity index (χ0v) is 12.6. The minimum absolute atomic E-state index is 0.0263. The van der Waals surface area contributed by atoms with Gasteiger partial charge in [0.05, 0.1) is 11.4 Å². The lowest BCUT2D eigenvalue weighted by Gasteiger charge is -2.37. The minimum Gasteiger partial charge on any atom is -0.323 e. The molecule has 1 N–H and O–H groups in total. The molecule has 0 radical (unpaired) electrons. The number of carbonyl (C=O) groups is 2. The summed E-state index contributed by atoms with van der Waals surface area (Å²) < 4.78 is 0. The number of nitrogens with zero attached hydrogens (tertiary/aromatic N) is 3. The number of piperazine rings is 1. The molecule has 0 unspecified atom stereocenters. The number of benzene rings is 1. The van der Waals surface area contributed by atoms with E-state index in [1.807, 2.05) is 7.05 Å². The van der Waals surface area contributed by atoms with Crippen LogP contribution >= 0.6 is 11.6 Å². The molecule has 0 spiro atoms. The number of hydrogen-bond acceptors (Lipinski definition) is 3. The zero-order valence-electron chi connectivity index (χ0n) is 11.8. The van der Waals surface area contributed by atoms with Crippen molar-refractivity contribution < 1.29 is 9.59 Å². The molecule has 1 aromatic carbocycles. The van der Waals surface area contributed by atoms with Gasteiger partial charge in [-0.2, -0.15) is 0 Å². The summed E-state index contributed by atoms with van der Waals surface area (Å²) in [4.78, 5) is 29.9. The number of likely N-dealkylation sites (N-methyl/N-ethyl adjacent to an activating group) is 1. The van der Waals surface area contributed by atoms with Crippen molar-refractivity contribution in [1.82, 2.24) is 9.80 Å². The van der Waals surface area contributed by atoms with Crippen LogP contribution in [-0.4, -0.2) is 61.5 Å². The van der Waals surface area contributed by atoms with Gasteiger partial charge in [-0.1, -0.05) is 11.6 Å². The maximum absolute atomic E-state index is 12.7. The van der Waals surface area contributed by atoms with Crippen molar-refractivity contribution in [2.75, 3.05) is 50.0 Å². The quantitative estimate of drug-likeness (QED) is 0.789. The van der Waals surface area contributed by atoms with Crippen LogP contribution in [0, 0.1) is 0 Å². The van der Waals surface area contributed by atoms with E-state index in [1.54, 1.807) is 23.1 Å². The molecule has 3 rings (SSSR count). The monoisotopic (exact) mass is 308 g/mol. The molecule has 0 atom stereocenters. The molecular formula is C14H17ClN4O2. The summed E-state index contributed by atoms with van der Waals surface area (Å²) in [6.07, 6.45) is 0. The molecule has 112 valence electrons. The summed E-state index contributed by atoms with van der Waals surface area (Å²) in [5, 5.41) is 3.31. The molecule has 0 bridgehead atoms. The summed E-state index contributed by atoms with van der Waals surface area (Å²) in [6.45, 7) is 3.05. The van der Waals surface area contributed by atoms with Crippen LogP contribution in [0.5, 0.6) is 0 Å². The molecule has 2 aliphatic heterocycles. The van der Waals surface area contributed by atoms with Crippen LogP contribution in [0.3, 0.4) is 0 Å². The molecule has 2 aliphatic rings. The predicted molar refractivity (Wildman–Crippen MR) is 81.9 cm³/mol. The lowest BCUT2D eigenvalue weighted by atomic mass is 10.2. The number of amides is 3. The first-order valence-electron chi connectivity index (χ1n) is 6.89. The van der Waals surface area contributed by atoms with Gasteiger partial charge in [0.1, 0.15) is 6.54 Å². The molecule has 6 nitrogen and oxygen atoms in total. The number of nitrogens with one attached hydrogen (secondary N) is 1. The highest BCUT2D eigenvalue weighted by atomic mass is 35.5. The molecule has 7 heteroatoms. The summed E-state index contributed by atoms with van der Waals surface area (Å²) >= 11 is 6.02. The second kappa shape index (κ2) is 5.54. The summed E-state index contributed by atoms with van der Waals surface area (Å²) in [5.41, 5.74) is 1.28. The van der Waals surface area contributed by atoms with Crippen molar-refractivity contribution in [3.05, 3.63) is 23.2 Å². The van der Waals surface area contributed by atoms with Crippen LogP contribution in [0.15, 0.2) is 18.2 Å². The smallest absolute Gasteiger partial charge is 0.323 e. The normalized spacial score (nSPS) is 19.2. The van der Waals surface area contributed by atoms with E-state index in [1.165, 1.54) is 4.90 Å². The average molecular weight is 309 g/mol. The Morgan fingerprint density at radius 3 is 2.67 bits per heavy atom. The maximum Gasteiger partial charge on any atom is 0.325 e. The molecule has 0 aromatic heterocycles. The van der Waals surface area contributed by atoms with Gasteiger partial charge in [0.15, 0.2) is 0 Å². The zero-order chi connectivity index (χ0) is 15.0. The van der Waals surface area contributed by atoms with Crippen LogP contribution in [-0.2, 0) is 4.79 Å². The van der Waals surface area contributed by atoms with E-state index in [0.717, 1.165) is 13.1 Å². The summed E-state index contributed by atoms with van der Waals surface area (Å²) in [7, 11) is 2.03. The third-order valence-electron chi connectivity index (χ3n) is 3.83. The lowest BCUT2D eigenvalue weighted by Crippen LogP contribution is -2.54. The van der Waals surface area contributed by atoms with Crippen LogP contribution in [0.4, 0.5) is 16.2 Å². The Hall–Kier alpha value is -1.79. The third kappa shape index (κ3) is 2.82. The number of urea groups is 1. The number of hydrogen-bond donors (Lipinski definition) is 1. The standard InChI is InChI=1S/C14H17ClN4O2/c1-17-4-6-18(7-5-17)14(21)19-9-13(20)16-11-3-2-10(15)8-12(11)19/h2-3,8H,4-7,9H2,1H3,(H,16,20). The van der Waals surface area contributed by atoms with Gasteiger partial charge in [-0.15, -0.1) is 0 Å². The Bertz CT molecular complexity index is 584. The molecule has 0 saturated carbocycles. The predicted octanol–water partition coefficient (Wildman–Crippen LogP) is 1.47. The number of rotatable bonds is 0. The largest absolute Gasteiger partial charge is 0.325 e. The molecule has 3 amide bonds. The van der Waals surface area contributed by atoms with Crippen molar-refractivity contribution >= 4 is 34.9 Å². The fourth-order valence-electron chi connectivity index (χ4n) is 2.59. The Labute approximate surface area is 128 Å². The highest BCUT2D eigenvalue weighted by Crippen LogP contribution is 2.32. The van der Waals surface area contributed by atoms with Gasteiger partial charge in [-0.05, 0) is 25.2 Å². The van der Waals surface area contributed by atoms with E-state index in [-0.39, 0.29) is 18.5 Å². The molecule has 21 heavy (non-hydrogen) atoms. The van der Waals surface area contributed by atoms with E-state index >= 15 is 0 Å². The van der Waals surface area contributed by atoms with Gasteiger partial charge in [0.25, 0.3) is 0 Å². The highest BCUT2D eigenvalue weighted by Gasteiger charge is 2.31. The first-order chi connectivity index (χ1) is 10.0. The average Bonchev–Trinajstić information content (AvgIpc) is 2.47. The Morgan fingerprint density at radius 1 is 1.24 bits per heavy atom. The van der Waals surface area contributed by atoms with Gasteiger partial charge in [0, 0.05) is 31.2 Å². The Morgan fingerprint density at radius 2 is 1.95 bits per heavy atom. The molecule has 1 saturated heterocycles. The minimum atomic E-state index is -0.188. The number of anilines is 2. The van der Waals surface area contributed by atoms with Crippen molar-refractivity contribution in [2.45, 2.75) is 0 Å². The molecule has 2 heterocycles. The second-order valence-electron chi connectivity index (χ2n) is 5.37. The van der Waals surface area contributed by atoms with E-state index < -0.39 is 0 Å². The lowest BCUT2D eigenvalue weighted by molar-refractivity contribution is -0.115. The van der Waals surface area contributed by atoms with Gasteiger partial charge in [-0.25, -0.2) is 4.79 Å². The first-order valence-corrected chi connectivity index (χ1v) is 7.27. The fraction of sp³-hybridized carbons (Fsp3) is 0.429. The van der Waals surface area contributed by atoms with Crippen LogP contribution < -0.4 is 10.2 Å². The number of fused-ring (bicyclic) bond motifs is 1. The van der Waals surface area contributed by atoms with Gasteiger partial charge >= 0.3 is 6.03 Å². The number of carbonyl (C=O) groups excluding carboxylic acids is 2. The van der Waals surface area contributed by atoms with E-state index in [4.69, 9.17) is 11.6 Å². The van der Waals surface area contributed by atoms with Crippen molar-refractivity contribution in [3.63, 3.8) is 0 Å². The first kappa shape index (κ1) is 14.2. The topological polar surface area (TPSA) is 55.9 Å². The van der Waals surface area contributed by atoms with E-state index in [9.17, 15) is 9.59 Å². The van der Waals surface area contributed by atoms with E-state index in [2.05, 4.69) is 10.2 Å². The molecule has 1 fully saturated rings. The second-order valence-corrected chi connectivity index (χ2v) is 5.81. The van der Waals surface area contributed by atoms with Crippen LogP contribution in [0.1, 0.15) is 0 Å². The van der Waals surface area contributed by atoms with Crippen LogP contribution in [0.25, 0.3) is 0 Å². The third-order valence-corrected chi connectivity index (χ3v) is 4.07. The fourth-order valence-corrected chi connectivity index (χ4v) is 2.76. The van der Waals surface area contributed by atoms with Crippen molar-refractivity contribution in [1.29, 1.82) is 0 Å².